The number of hydrogen-bond acceptors (Lipinski definition) is 3. The molecular formula is C13H30N2O. The third-order valence-corrected chi connectivity index (χ3v) is 3.62. The highest BCUT2D eigenvalue weighted by atomic mass is 16.5. The SMILES string of the molecule is CCC(C)(C)N(C)C(C)CNCCCOC. The normalized spacial score (nSPS) is 14.4. The van der Waals surface area contributed by atoms with E-state index >= 15 is 0 Å². The standard InChI is InChI=1S/C13H30N2O/c1-7-13(3,4)15(5)12(2)11-14-9-8-10-16-6/h12,14H,7-11H2,1-6H3. The Kier molecular flexibility index (Phi) is 7.98. The summed E-state index contributed by atoms with van der Waals surface area (Å²) in [6.07, 6.45) is 2.27. The first kappa shape index (κ1) is 15.9. The van der Waals surface area contributed by atoms with E-state index in [9.17, 15) is 0 Å². The minimum absolute atomic E-state index is 0.285. The predicted molar refractivity (Wildman–Crippen MR) is 71.0 cm³/mol. The number of likely N-dealkylation sites (N-methyl/N-ethyl adjacent to an activating group) is 1. The molecule has 0 aliphatic carbocycles. The molecule has 1 atom stereocenters. The van der Waals surface area contributed by atoms with Crippen molar-refractivity contribution in [3.05, 3.63) is 0 Å². The van der Waals surface area contributed by atoms with Crippen molar-refractivity contribution in [2.45, 2.75) is 52.1 Å². The molecule has 98 valence electrons. The highest BCUT2D eigenvalue weighted by Gasteiger charge is 2.24. The Balaban J connectivity index is 3.75. The van der Waals surface area contributed by atoms with Gasteiger partial charge in [0, 0.05) is 31.8 Å². The summed E-state index contributed by atoms with van der Waals surface area (Å²) in [6, 6.07) is 0.567. The summed E-state index contributed by atoms with van der Waals surface area (Å²) in [4.78, 5) is 2.45. The van der Waals surface area contributed by atoms with Crippen LogP contribution in [-0.2, 0) is 4.74 Å². The van der Waals surface area contributed by atoms with Gasteiger partial charge in [-0.05, 0) is 47.2 Å². The van der Waals surface area contributed by atoms with Gasteiger partial charge in [-0.25, -0.2) is 0 Å². The van der Waals surface area contributed by atoms with Gasteiger partial charge in [0.15, 0.2) is 0 Å². The molecule has 0 fully saturated rings. The molecule has 1 unspecified atom stereocenters. The maximum absolute atomic E-state index is 5.02. The maximum Gasteiger partial charge on any atom is 0.0474 e. The molecule has 0 heterocycles. The van der Waals surface area contributed by atoms with Crippen molar-refractivity contribution in [3.8, 4) is 0 Å². The minimum Gasteiger partial charge on any atom is -0.385 e. The van der Waals surface area contributed by atoms with Gasteiger partial charge in [0.2, 0.25) is 0 Å². The van der Waals surface area contributed by atoms with Crippen molar-refractivity contribution in [2.75, 3.05) is 33.9 Å². The molecule has 0 rings (SSSR count). The zero-order valence-corrected chi connectivity index (χ0v) is 12.0. The fourth-order valence-corrected chi connectivity index (χ4v) is 1.64. The summed E-state index contributed by atoms with van der Waals surface area (Å²) in [5.41, 5.74) is 0.285. The molecule has 0 aliphatic rings. The lowest BCUT2D eigenvalue weighted by Crippen LogP contribution is -2.49. The van der Waals surface area contributed by atoms with E-state index in [1.165, 1.54) is 6.42 Å². The van der Waals surface area contributed by atoms with Crippen LogP contribution in [0.15, 0.2) is 0 Å². The Morgan fingerprint density at radius 1 is 1.38 bits per heavy atom. The van der Waals surface area contributed by atoms with Crippen LogP contribution in [-0.4, -0.2) is 50.3 Å². The van der Waals surface area contributed by atoms with Crippen LogP contribution in [0.25, 0.3) is 0 Å². The van der Waals surface area contributed by atoms with Crippen LogP contribution in [0.1, 0.15) is 40.5 Å². The van der Waals surface area contributed by atoms with Gasteiger partial charge in [-0.1, -0.05) is 6.92 Å². The molecule has 0 saturated heterocycles. The third-order valence-electron chi connectivity index (χ3n) is 3.62. The van der Waals surface area contributed by atoms with Gasteiger partial charge in [0.05, 0.1) is 0 Å². The monoisotopic (exact) mass is 230 g/mol. The fourth-order valence-electron chi connectivity index (χ4n) is 1.64. The summed E-state index contributed by atoms with van der Waals surface area (Å²) in [5, 5.41) is 3.48. The van der Waals surface area contributed by atoms with Gasteiger partial charge in [0.1, 0.15) is 0 Å². The number of methoxy groups -OCH3 is 1. The van der Waals surface area contributed by atoms with E-state index in [2.05, 4.69) is 45.0 Å². The molecule has 0 spiro atoms. The smallest absolute Gasteiger partial charge is 0.0474 e. The van der Waals surface area contributed by atoms with E-state index in [0.29, 0.717) is 6.04 Å². The molecule has 0 amide bonds. The highest BCUT2D eigenvalue weighted by Crippen LogP contribution is 2.18. The van der Waals surface area contributed by atoms with Crippen molar-refractivity contribution >= 4 is 0 Å². The van der Waals surface area contributed by atoms with Gasteiger partial charge in [-0.15, -0.1) is 0 Å². The van der Waals surface area contributed by atoms with Crippen molar-refractivity contribution < 1.29 is 4.74 Å². The number of ether oxygens (including phenoxy) is 1. The lowest BCUT2D eigenvalue weighted by atomic mass is 9.98. The Morgan fingerprint density at radius 3 is 2.50 bits per heavy atom. The van der Waals surface area contributed by atoms with Crippen molar-refractivity contribution in [1.29, 1.82) is 0 Å². The largest absolute Gasteiger partial charge is 0.385 e. The molecule has 3 heteroatoms. The van der Waals surface area contributed by atoms with Crippen LogP contribution in [0.4, 0.5) is 0 Å². The second-order valence-corrected chi connectivity index (χ2v) is 5.18. The number of hydrogen-bond donors (Lipinski definition) is 1. The molecule has 0 aromatic rings. The molecular weight excluding hydrogens is 200 g/mol. The van der Waals surface area contributed by atoms with Gasteiger partial charge in [-0.3, -0.25) is 4.90 Å². The molecule has 0 saturated carbocycles. The van der Waals surface area contributed by atoms with Gasteiger partial charge < -0.3 is 10.1 Å². The van der Waals surface area contributed by atoms with E-state index < -0.39 is 0 Å². The van der Waals surface area contributed by atoms with Crippen LogP contribution in [0.2, 0.25) is 0 Å². The molecule has 3 nitrogen and oxygen atoms in total. The van der Waals surface area contributed by atoms with E-state index in [-0.39, 0.29) is 5.54 Å². The summed E-state index contributed by atoms with van der Waals surface area (Å²) in [6.45, 7) is 12.1. The van der Waals surface area contributed by atoms with E-state index in [1.807, 2.05) is 0 Å². The Hall–Kier alpha value is -0.120. The first-order valence-corrected chi connectivity index (χ1v) is 6.38. The van der Waals surface area contributed by atoms with Crippen LogP contribution < -0.4 is 5.32 Å². The zero-order valence-electron chi connectivity index (χ0n) is 12.0. The predicted octanol–water partition coefficient (Wildman–Crippen LogP) is 2.12. The summed E-state index contributed by atoms with van der Waals surface area (Å²) < 4.78 is 5.02. The van der Waals surface area contributed by atoms with Gasteiger partial charge in [0.25, 0.3) is 0 Å². The molecule has 1 N–H and O–H groups in total. The van der Waals surface area contributed by atoms with Gasteiger partial charge >= 0.3 is 0 Å². The average Bonchev–Trinajstić information content (AvgIpc) is 2.27. The van der Waals surface area contributed by atoms with Crippen molar-refractivity contribution in [2.24, 2.45) is 0 Å². The van der Waals surface area contributed by atoms with Gasteiger partial charge in [-0.2, -0.15) is 0 Å². The van der Waals surface area contributed by atoms with Crippen LogP contribution in [0.5, 0.6) is 0 Å². The topological polar surface area (TPSA) is 24.5 Å². The maximum atomic E-state index is 5.02. The quantitative estimate of drug-likeness (QED) is 0.614. The second kappa shape index (κ2) is 8.04. The molecule has 0 radical (unpaired) electrons. The second-order valence-electron chi connectivity index (χ2n) is 5.18. The summed E-state index contributed by atoms with van der Waals surface area (Å²) >= 11 is 0. The highest BCUT2D eigenvalue weighted by molar-refractivity contribution is 4.82. The van der Waals surface area contributed by atoms with E-state index in [0.717, 1.165) is 26.1 Å². The Morgan fingerprint density at radius 2 is 2.00 bits per heavy atom. The van der Waals surface area contributed by atoms with Crippen LogP contribution >= 0.6 is 0 Å². The number of nitrogens with zero attached hydrogens (tertiary/aromatic N) is 1. The minimum atomic E-state index is 0.285. The first-order valence-electron chi connectivity index (χ1n) is 6.38. The number of rotatable bonds is 9. The summed E-state index contributed by atoms with van der Waals surface area (Å²) in [7, 11) is 3.96. The Labute approximate surface area is 102 Å². The van der Waals surface area contributed by atoms with Crippen molar-refractivity contribution in [3.63, 3.8) is 0 Å². The van der Waals surface area contributed by atoms with E-state index in [4.69, 9.17) is 4.74 Å². The fraction of sp³-hybridized carbons (Fsp3) is 1.00. The Bertz CT molecular complexity index is 171. The lowest BCUT2D eigenvalue weighted by molar-refractivity contribution is 0.104. The number of nitrogens with one attached hydrogen (secondary N) is 1. The van der Waals surface area contributed by atoms with Crippen LogP contribution in [0.3, 0.4) is 0 Å². The zero-order chi connectivity index (χ0) is 12.6. The molecule has 16 heavy (non-hydrogen) atoms. The molecule has 0 bridgehead atoms. The first-order chi connectivity index (χ1) is 7.45. The van der Waals surface area contributed by atoms with Crippen LogP contribution in [0, 0.1) is 0 Å². The molecule has 0 aromatic heterocycles. The van der Waals surface area contributed by atoms with Crippen molar-refractivity contribution in [1.82, 2.24) is 10.2 Å². The lowest BCUT2D eigenvalue weighted by Gasteiger charge is -2.39. The molecule has 0 aliphatic heterocycles. The summed E-state index contributed by atoms with van der Waals surface area (Å²) in [5.74, 6) is 0. The average molecular weight is 230 g/mol. The molecule has 0 aromatic carbocycles. The third kappa shape index (κ3) is 5.83. The van der Waals surface area contributed by atoms with E-state index in [1.54, 1.807) is 7.11 Å².